The first-order valence-electron chi connectivity index (χ1n) is 4.80. The van der Waals surface area contributed by atoms with Crippen LogP contribution in [0, 0.1) is 23.7 Å². The molecule has 2 atom stereocenters. The van der Waals surface area contributed by atoms with E-state index in [-0.39, 0.29) is 11.7 Å². The maximum atomic E-state index is 12.0. The van der Waals surface area contributed by atoms with Gasteiger partial charge in [0.2, 0.25) is 0 Å². The van der Waals surface area contributed by atoms with Crippen molar-refractivity contribution in [3.05, 3.63) is 23.3 Å². The second-order valence-corrected chi connectivity index (χ2v) is 4.22. The molecule has 0 aromatic carbocycles. The molecule has 0 aromatic heterocycles. The molecule has 0 fully saturated rings. The Morgan fingerprint density at radius 2 is 2.07 bits per heavy atom. The van der Waals surface area contributed by atoms with Gasteiger partial charge in [-0.05, 0) is 26.3 Å². The fourth-order valence-corrected chi connectivity index (χ4v) is 1.91. The summed E-state index contributed by atoms with van der Waals surface area (Å²) in [5, 5.41) is 0. The van der Waals surface area contributed by atoms with Gasteiger partial charge in [-0.2, -0.15) is 0 Å². The Bertz CT molecular complexity index is 365. The highest BCUT2D eigenvalue weighted by Crippen LogP contribution is 2.36. The zero-order chi connectivity index (χ0) is 10.9. The van der Waals surface area contributed by atoms with Crippen molar-refractivity contribution < 1.29 is 4.79 Å². The highest BCUT2D eigenvalue weighted by molar-refractivity contribution is 6.02. The van der Waals surface area contributed by atoms with Gasteiger partial charge in [0.15, 0.2) is 5.78 Å². The standard InChI is InChI=1S/C13H16O/c1-6-11(4)13(5)8-9(2)7-10(3)12(13)14/h1,7-8,11H,2-5H3/t11-,13+/m0/s1. The fourth-order valence-electron chi connectivity index (χ4n) is 1.91. The fraction of sp³-hybridized carbons (Fsp3) is 0.462. The van der Waals surface area contributed by atoms with Crippen LogP contribution in [0.1, 0.15) is 27.7 Å². The quantitative estimate of drug-likeness (QED) is 0.578. The van der Waals surface area contributed by atoms with Gasteiger partial charge in [-0.1, -0.05) is 24.6 Å². The second-order valence-electron chi connectivity index (χ2n) is 4.22. The second kappa shape index (κ2) is 3.46. The van der Waals surface area contributed by atoms with E-state index in [1.165, 1.54) is 0 Å². The molecule has 14 heavy (non-hydrogen) atoms. The van der Waals surface area contributed by atoms with Crippen LogP contribution in [0.2, 0.25) is 0 Å². The normalized spacial score (nSPS) is 28.9. The minimum atomic E-state index is -0.516. The summed E-state index contributed by atoms with van der Waals surface area (Å²) in [7, 11) is 0. The van der Waals surface area contributed by atoms with Crippen molar-refractivity contribution in [1.82, 2.24) is 0 Å². The lowest BCUT2D eigenvalue weighted by atomic mass is 9.69. The Morgan fingerprint density at radius 3 is 2.57 bits per heavy atom. The molecule has 0 aromatic rings. The first kappa shape index (κ1) is 10.8. The summed E-state index contributed by atoms with van der Waals surface area (Å²) in [5.74, 6) is 2.74. The van der Waals surface area contributed by atoms with Crippen LogP contribution >= 0.6 is 0 Å². The summed E-state index contributed by atoms with van der Waals surface area (Å²) < 4.78 is 0. The molecule has 0 aliphatic heterocycles. The number of terminal acetylenes is 1. The van der Waals surface area contributed by atoms with E-state index in [0.717, 1.165) is 11.1 Å². The van der Waals surface area contributed by atoms with Gasteiger partial charge in [-0.25, -0.2) is 0 Å². The van der Waals surface area contributed by atoms with Crippen molar-refractivity contribution in [3.63, 3.8) is 0 Å². The molecule has 1 heteroatoms. The monoisotopic (exact) mass is 188 g/mol. The smallest absolute Gasteiger partial charge is 0.169 e. The maximum Gasteiger partial charge on any atom is 0.169 e. The van der Waals surface area contributed by atoms with Gasteiger partial charge in [0.1, 0.15) is 0 Å². The van der Waals surface area contributed by atoms with E-state index in [9.17, 15) is 4.79 Å². The summed E-state index contributed by atoms with van der Waals surface area (Å²) >= 11 is 0. The Kier molecular flexibility index (Phi) is 2.66. The molecular formula is C13H16O. The number of Topliss-reactive ketones (excluding diaryl/α,β-unsaturated/α-hetero) is 1. The molecule has 0 saturated carbocycles. The van der Waals surface area contributed by atoms with Gasteiger partial charge in [0, 0.05) is 5.92 Å². The Hall–Kier alpha value is -1.29. The van der Waals surface area contributed by atoms with E-state index in [1.807, 2.05) is 39.8 Å². The van der Waals surface area contributed by atoms with E-state index in [1.54, 1.807) is 0 Å². The van der Waals surface area contributed by atoms with Crippen LogP contribution in [0.15, 0.2) is 23.3 Å². The van der Waals surface area contributed by atoms with Gasteiger partial charge in [0.05, 0.1) is 5.41 Å². The van der Waals surface area contributed by atoms with Crippen LogP contribution in [-0.4, -0.2) is 5.78 Å². The van der Waals surface area contributed by atoms with Crippen LogP contribution in [0.25, 0.3) is 0 Å². The first-order chi connectivity index (χ1) is 6.41. The third-order valence-corrected chi connectivity index (χ3v) is 2.97. The average molecular weight is 188 g/mol. The maximum absolute atomic E-state index is 12.0. The van der Waals surface area contributed by atoms with E-state index in [4.69, 9.17) is 6.42 Å². The van der Waals surface area contributed by atoms with Crippen LogP contribution in [0.5, 0.6) is 0 Å². The third kappa shape index (κ3) is 1.53. The van der Waals surface area contributed by atoms with Crippen LogP contribution < -0.4 is 0 Å². The van der Waals surface area contributed by atoms with Crippen molar-refractivity contribution in [1.29, 1.82) is 0 Å². The molecule has 0 bridgehead atoms. The summed E-state index contributed by atoms with van der Waals surface area (Å²) in [6.07, 6.45) is 9.28. The number of carbonyl (C=O) groups is 1. The number of ketones is 1. The van der Waals surface area contributed by atoms with Crippen LogP contribution in [-0.2, 0) is 4.79 Å². The van der Waals surface area contributed by atoms with Crippen molar-refractivity contribution in [2.75, 3.05) is 0 Å². The molecule has 1 aliphatic rings. The van der Waals surface area contributed by atoms with E-state index in [0.29, 0.717) is 0 Å². The zero-order valence-corrected chi connectivity index (χ0v) is 9.22. The third-order valence-electron chi connectivity index (χ3n) is 2.97. The lowest BCUT2D eigenvalue weighted by Crippen LogP contribution is -2.34. The predicted molar refractivity (Wildman–Crippen MR) is 58.6 cm³/mol. The van der Waals surface area contributed by atoms with E-state index in [2.05, 4.69) is 5.92 Å². The summed E-state index contributed by atoms with van der Waals surface area (Å²) in [5.41, 5.74) is 1.40. The van der Waals surface area contributed by atoms with Crippen molar-refractivity contribution in [2.24, 2.45) is 11.3 Å². The molecule has 0 unspecified atom stereocenters. The van der Waals surface area contributed by atoms with Crippen molar-refractivity contribution in [2.45, 2.75) is 27.7 Å². The van der Waals surface area contributed by atoms with Gasteiger partial charge < -0.3 is 0 Å². The minimum absolute atomic E-state index is 0.0615. The molecule has 0 spiro atoms. The molecular weight excluding hydrogens is 172 g/mol. The molecule has 1 rings (SSSR count). The summed E-state index contributed by atoms with van der Waals surface area (Å²) in [4.78, 5) is 12.0. The number of hydrogen-bond acceptors (Lipinski definition) is 1. The predicted octanol–water partition coefficient (Wildman–Crippen LogP) is 2.74. The number of hydrogen-bond donors (Lipinski definition) is 0. The number of carbonyl (C=O) groups excluding carboxylic acids is 1. The SMILES string of the molecule is C#C[C@H](C)[C@@]1(C)C=C(C)C=C(C)C1=O. The number of rotatable bonds is 1. The summed E-state index contributed by atoms with van der Waals surface area (Å²) in [6.45, 7) is 7.68. The molecule has 0 heterocycles. The first-order valence-corrected chi connectivity index (χ1v) is 4.80. The Labute approximate surface area is 85.9 Å². The van der Waals surface area contributed by atoms with E-state index < -0.39 is 5.41 Å². The zero-order valence-electron chi connectivity index (χ0n) is 9.22. The average Bonchev–Trinajstić information content (AvgIpc) is 2.12. The lowest BCUT2D eigenvalue weighted by Gasteiger charge is -2.31. The van der Waals surface area contributed by atoms with E-state index >= 15 is 0 Å². The lowest BCUT2D eigenvalue weighted by molar-refractivity contribution is -0.123. The van der Waals surface area contributed by atoms with Gasteiger partial charge in [-0.3, -0.25) is 4.79 Å². The molecule has 1 nitrogen and oxygen atoms in total. The Morgan fingerprint density at radius 1 is 1.50 bits per heavy atom. The van der Waals surface area contributed by atoms with Gasteiger partial charge in [0.25, 0.3) is 0 Å². The van der Waals surface area contributed by atoms with Crippen molar-refractivity contribution in [3.8, 4) is 12.3 Å². The minimum Gasteiger partial charge on any atom is -0.294 e. The highest BCUT2D eigenvalue weighted by atomic mass is 16.1. The van der Waals surface area contributed by atoms with Crippen molar-refractivity contribution >= 4 is 5.78 Å². The molecule has 0 radical (unpaired) electrons. The van der Waals surface area contributed by atoms with Gasteiger partial charge in [-0.15, -0.1) is 12.3 Å². The number of allylic oxidation sites excluding steroid dienone is 4. The molecule has 74 valence electrons. The topological polar surface area (TPSA) is 17.1 Å². The molecule has 0 saturated heterocycles. The largest absolute Gasteiger partial charge is 0.294 e. The molecule has 0 N–H and O–H groups in total. The molecule has 0 amide bonds. The Balaban J connectivity index is 3.20. The van der Waals surface area contributed by atoms with Crippen LogP contribution in [0.4, 0.5) is 0 Å². The molecule has 1 aliphatic carbocycles. The summed E-state index contributed by atoms with van der Waals surface area (Å²) in [6, 6.07) is 0. The highest BCUT2D eigenvalue weighted by Gasteiger charge is 2.38. The van der Waals surface area contributed by atoms with Gasteiger partial charge >= 0.3 is 0 Å². The van der Waals surface area contributed by atoms with Crippen LogP contribution in [0.3, 0.4) is 0 Å².